The molecular weight excluding hydrogens is 208 g/mol. The Morgan fingerprint density at radius 1 is 1.31 bits per heavy atom. The van der Waals surface area contributed by atoms with Crippen molar-refractivity contribution < 1.29 is 19.1 Å². The minimum atomic E-state index is -0.459. The van der Waals surface area contributed by atoms with Crippen molar-refractivity contribution in [3.8, 4) is 5.75 Å². The molecule has 0 radical (unpaired) electrons. The van der Waals surface area contributed by atoms with Crippen molar-refractivity contribution in [2.24, 2.45) is 0 Å². The summed E-state index contributed by atoms with van der Waals surface area (Å²) in [4.78, 5) is 22.2. The van der Waals surface area contributed by atoms with Gasteiger partial charge < -0.3 is 9.47 Å². The quantitative estimate of drug-likeness (QED) is 0.575. The van der Waals surface area contributed by atoms with Crippen molar-refractivity contribution in [3.05, 3.63) is 29.3 Å². The fraction of sp³-hybridized carbons (Fsp3) is 0.333. The first kappa shape index (κ1) is 12.2. The number of hydrogen-bond acceptors (Lipinski definition) is 4. The summed E-state index contributed by atoms with van der Waals surface area (Å²) in [7, 11) is 1.56. The van der Waals surface area contributed by atoms with Gasteiger partial charge in [0.05, 0.1) is 7.11 Å². The van der Waals surface area contributed by atoms with Crippen LogP contribution in [0.2, 0.25) is 0 Å². The lowest BCUT2D eigenvalue weighted by atomic mass is 10.0. The lowest BCUT2D eigenvalue weighted by Crippen LogP contribution is -2.13. The Hall–Kier alpha value is -1.84. The largest absolute Gasteiger partial charge is 0.497 e. The molecule has 4 nitrogen and oxygen atoms in total. The molecule has 0 N–H and O–H groups in total. The summed E-state index contributed by atoms with van der Waals surface area (Å²) < 4.78 is 9.68. The molecule has 1 rings (SSSR count). The Morgan fingerprint density at radius 3 is 2.50 bits per heavy atom. The van der Waals surface area contributed by atoms with Gasteiger partial charge >= 0.3 is 5.97 Å². The Balaban J connectivity index is 2.79. The van der Waals surface area contributed by atoms with Gasteiger partial charge in [0.25, 0.3) is 0 Å². The van der Waals surface area contributed by atoms with E-state index >= 15 is 0 Å². The van der Waals surface area contributed by atoms with Gasteiger partial charge in [-0.1, -0.05) is 0 Å². The van der Waals surface area contributed by atoms with E-state index in [1.165, 1.54) is 6.92 Å². The predicted octanol–water partition coefficient (Wildman–Crippen LogP) is 1.75. The second-order valence-corrected chi connectivity index (χ2v) is 3.38. The number of Topliss-reactive ketones (excluding diaryl/α,β-unsaturated/α-hetero) is 1. The molecule has 0 atom stereocenters. The normalized spacial score (nSPS) is 9.69. The van der Waals surface area contributed by atoms with Gasteiger partial charge in [0.2, 0.25) is 5.78 Å². The number of benzene rings is 1. The highest BCUT2D eigenvalue weighted by atomic mass is 16.5. The van der Waals surface area contributed by atoms with Crippen LogP contribution in [0.5, 0.6) is 5.75 Å². The summed E-state index contributed by atoms with van der Waals surface area (Å²) in [5.41, 5.74) is 1.35. The first-order chi connectivity index (χ1) is 7.54. The van der Waals surface area contributed by atoms with Crippen LogP contribution >= 0.6 is 0 Å². The third kappa shape index (κ3) is 3.08. The zero-order valence-electron chi connectivity index (χ0n) is 9.57. The van der Waals surface area contributed by atoms with Gasteiger partial charge in [-0.2, -0.15) is 0 Å². The molecule has 0 unspecified atom stereocenters. The van der Waals surface area contributed by atoms with Crippen LogP contribution < -0.4 is 4.74 Å². The molecule has 0 fully saturated rings. The van der Waals surface area contributed by atoms with Gasteiger partial charge in [-0.15, -0.1) is 0 Å². The van der Waals surface area contributed by atoms with Crippen LogP contribution in [0.4, 0.5) is 0 Å². The van der Waals surface area contributed by atoms with E-state index in [0.717, 1.165) is 5.56 Å². The molecule has 0 saturated carbocycles. The molecule has 1 aromatic rings. The number of hydrogen-bond donors (Lipinski definition) is 0. The van der Waals surface area contributed by atoms with Crippen LogP contribution in [-0.4, -0.2) is 25.5 Å². The molecule has 0 aliphatic carbocycles. The summed E-state index contributed by atoms with van der Waals surface area (Å²) in [6.45, 7) is 2.86. The molecule has 4 heteroatoms. The minimum absolute atomic E-state index is 0.213. The first-order valence-electron chi connectivity index (χ1n) is 4.86. The Labute approximate surface area is 94.2 Å². The monoisotopic (exact) mass is 222 g/mol. The second kappa shape index (κ2) is 5.30. The van der Waals surface area contributed by atoms with E-state index in [4.69, 9.17) is 4.74 Å². The van der Waals surface area contributed by atoms with E-state index in [0.29, 0.717) is 11.3 Å². The third-order valence-electron chi connectivity index (χ3n) is 2.14. The predicted molar refractivity (Wildman–Crippen MR) is 58.7 cm³/mol. The van der Waals surface area contributed by atoms with Gasteiger partial charge in [0, 0.05) is 12.5 Å². The van der Waals surface area contributed by atoms with Crippen molar-refractivity contribution in [3.63, 3.8) is 0 Å². The lowest BCUT2D eigenvalue weighted by Gasteiger charge is -2.07. The van der Waals surface area contributed by atoms with Gasteiger partial charge in [-0.05, 0) is 30.7 Å². The Kier molecular flexibility index (Phi) is 4.05. The molecule has 0 spiro atoms. The fourth-order valence-corrected chi connectivity index (χ4v) is 1.32. The maximum atomic E-state index is 11.7. The first-order valence-corrected chi connectivity index (χ1v) is 4.86. The van der Waals surface area contributed by atoms with Gasteiger partial charge in [0.1, 0.15) is 5.75 Å². The van der Waals surface area contributed by atoms with E-state index in [-0.39, 0.29) is 12.4 Å². The molecule has 0 aliphatic heterocycles. The highest BCUT2D eigenvalue weighted by Crippen LogP contribution is 2.17. The molecule has 0 heterocycles. The lowest BCUT2D eigenvalue weighted by molar-refractivity contribution is -0.139. The van der Waals surface area contributed by atoms with Gasteiger partial charge in [0.15, 0.2) is 6.61 Å². The number of ketones is 1. The molecule has 16 heavy (non-hydrogen) atoms. The minimum Gasteiger partial charge on any atom is -0.497 e. The van der Waals surface area contributed by atoms with Crippen molar-refractivity contribution >= 4 is 11.8 Å². The van der Waals surface area contributed by atoms with Gasteiger partial charge in [-0.3, -0.25) is 9.59 Å². The Bertz CT molecular complexity index is 409. The topological polar surface area (TPSA) is 52.6 Å². The average molecular weight is 222 g/mol. The second-order valence-electron chi connectivity index (χ2n) is 3.38. The van der Waals surface area contributed by atoms with Crippen molar-refractivity contribution in [1.82, 2.24) is 0 Å². The SMILES string of the molecule is COc1ccc(C(=O)COC(C)=O)c(C)c1. The number of methoxy groups -OCH3 is 1. The highest BCUT2D eigenvalue weighted by molar-refractivity contribution is 5.99. The molecule has 86 valence electrons. The molecule has 0 bridgehead atoms. The van der Waals surface area contributed by atoms with E-state index in [1.807, 2.05) is 6.92 Å². The number of ether oxygens (including phenoxy) is 2. The summed E-state index contributed by atoms with van der Waals surface area (Å²) in [6, 6.07) is 5.13. The van der Waals surface area contributed by atoms with E-state index in [1.54, 1.807) is 25.3 Å². The van der Waals surface area contributed by atoms with Crippen LogP contribution in [-0.2, 0) is 9.53 Å². The molecule has 0 aromatic heterocycles. The maximum absolute atomic E-state index is 11.7. The number of aryl methyl sites for hydroxylation is 1. The zero-order valence-corrected chi connectivity index (χ0v) is 9.57. The average Bonchev–Trinajstić information content (AvgIpc) is 2.25. The summed E-state index contributed by atoms with van der Waals surface area (Å²) >= 11 is 0. The molecule has 0 saturated heterocycles. The van der Waals surface area contributed by atoms with Crippen LogP contribution in [0.3, 0.4) is 0 Å². The molecule has 0 aliphatic rings. The number of esters is 1. The summed E-state index contributed by atoms with van der Waals surface area (Å²) in [6.07, 6.45) is 0. The van der Waals surface area contributed by atoms with Crippen LogP contribution in [0.25, 0.3) is 0 Å². The fourth-order valence-electron chi connectivity index (χ4n) is 1.32. The van der Waals surface area contributed by atoms with E-state index < -0.39 is 5.97 Å². The molecule has 0 amide bonds. The summed E-state index contributed by atoms with van der Waals surface area (Å²) in [5, 5.41) is 0. The van der Waals surface area contributed by atoms with Crippen molar-refractivity contribution in [2.45, 2.75) is 13.8 Å². The number of carbonyl (C=O) groups is 2. The van der Waals surface area contributed by atoms with E-state index in [9.17, 15) is 9.59 Å². The van der Waals surface area contributed by atoms with E-state index in [2.05, 4.69) is 4.74 Å². The standard InChI is InChI=1S/C12H14O4/c1-8-6-10(15-3)4-5-11(8)12(14)7-16-9(2)13/h4-6H,7H2,1-3H3. The van der Waals surface area contributed by atoms with Crippen molar-refractivity contribution in [2.75, 3.05) is 13.7 Å². The number of carbonyl (C=O) groups excluding carboxylic acids is 2. The van der Waals surface area contributed by atoms with Gasteiger partial charge in [-0.25, -0.2) is 0 Å². The third-order valence-corrected chi connectivity index (χ3v) is 2.14. The number of rotatable bonds is 4. The van der Waals surface area contributed by atoms with Crippen LogP contribution in [0, 0.1) is 6.92 Å². The smallest absolute Gasteiger partial charge is 0.303 e. The highest BCUT2D eigenvalue weighted by Gasteiger charge is 2.11. The zero-order chi connectivity index (χ0) is 12.1. The van der Waals surface area contributed by atoms with Crippen LogP contribution in [0.1, 0.15) is 22.8 Å². The van der Waals surface area contributed by atoms with Crippen molar-refractivity contribution in [1.29, 1.82) is 0 Å². The molecule has 1 aromatic carbocycles. The van der Waals surface area contributed by atoms with Crippen LogP contribution in [0.15, 0.2) is 18.2 Å². The maximum Gasteiger partial charge on any atom is 0.303 e. The summed E-state index contributed by atoms with van der Waals surface area (Å²) in [5.74, 6) is 0.0244. The Morgan fingerprint density at radius 2 is 2.00 bits per heavy atom. The molecular formula is C12H14O4.